The molecule has 5 heteroatoms. The number of nitrogens with two attached hydrogens (primary N) is 1. The van der Waals surface area contributed by atoms with Crippen LogP contribution in [0, 0.1) is 0 Å². The Morgan fingerprint density at radius 2 is 2.24 bits per heavy atom. The number of aromatic nitrogens is 1. The van der Waals surface area contributed by atoms with E-state index in [1.54, 1.807) is 13.3 Å². The molecule has 110 valence electrons. The van der Waals surface area contributed by atoms with Crippen molar-refractivity contribution in [1.82, 2.24) is 10.4 Å². The minimum Gasteiger partial charge on any atom is -0.495 e. The van der Waals surface area contributed by atoms with Crippen LogP contribution in [0.1, 0.15) is 29.5 Å². The summed E-state index contributed by atoms with van der Waals surface area (Å²) in [5, 5.41) is 0. The highest BCUT2D eigenvalue weighted by Crippen LogP contribution is 2.41. The topological polar surface area (TPSA) is 69.4 Å². The monoisotopic (exact) mass is 285 g/mol. The molecule has 3 rings (SSSR count). The van der Waals surface area contributed by atoms with Crippen LogP contribution in [0.5, 0.6) is 11.5 Å². The van der Waals surface area contributed by atoms with Crippen molar-refractivity contribution >= 4 is 0 Å². The van der Waals surface area contributed by atoms with Crippen molar-refractivity contribution < 1.29 is 9.47 Å². The highest BCUT2D eigenvalue weighted by molar-refractivity contribution is 5.40. The first kappa shape index (κ1) is 13.9. The van der Waals surface area contributed by atoms with Crippen LogP contribution >= 0.6 is 0 Å². The van der Waals surface area contributed by atoms with Crippen LogP contribution in [-0.4, -0.2) is 18.7 Å². The van der Waals surface area contributed by atoms with E-state index in [1.165, 1.54) is 5.56 Å². The van der Waals surface area contributed by atoms with Crippen molar-refractivity contribution in [2.75, 3.05) is 13.7 Å². The van der Waals surface area contributed by atoms with E-state index in [1.807, 2.05) is 30.5 Å². The fraction of sp³-hybridized carbons (Fsp3) is 0.312. The normalized spacial score (nSPS) is 18.5. The van der Waals surface area contributed by atoms with Gasteiger partial charge in [0.1, 0.15) is 11.5 Å². The van der Waals surface area contributed by atoms with E-state index in [0.717, 1.165) is 23.5 Å². The smallest absolute Gasteiger partial charge is 0.137 e. The number of ether oxygens (including phenoxy) is 2. The van der Waals surface area contributed by atoms with Crippen molar-refractivity contribution in [2.24, 2.45) is 5.84 Å². The van der Waals surface area contributed by atoms with Gasteiger partial charge in [0.05, 0.1) is 26.0 Å². The zero-order valence-electron chi connectivity index (χ0n) is 12.0. The van der Waals surface area contributed by atoms with Gasteiger partial charge in [0.15, 0.2) is 0 Å². The third-order valence-corrected chi connectivity index (χ3v) is 3.92. The number of hydrazine groups is 1. The second-order valence-electron chi connectivity index (χ2n) is 5.08. The van der Waals surface area contributed by atoms with E-state index in [0.29, 0.717) is 6.61 Å². The Bertz CT molecular complexity index is 618. The number of pyridine rings is 1. The van der Waals surface area contributed by atoms with Crippen molar-refractivity contribution in [3.05, 3.63) is 53.9 Å². The Kier molecular flexibility index (Phi) is 4.03. The summed E-state index contributed by atoms with van der Waals surface area (Å²) in [4.78, 5) is 4.22. The highest BCUT2D eigenvalue weighted by atomic mass is 16.5. The number of nitrogens with one attached hydrogen (secondary N) is 1. The molecule has 0 bridgehead atoms. The van der Waals surface area contributed by atoms with Crippen molar-refractivity contribution in [3.8, 4) is 11.5 Å². The summed E-state index contributed by atoms with van der Waals surface area (Å²) in [6, 6.07) is 10.0. The Morgan fingerprint density at radius 1 is 1.38 bits per heavy atom. The summed E-state index contributed by atoms with van der Waals surface area (Å²) in [6.07, 6.45) is 4.42. The minimum atomic E-state index is -0.0300. The number of fused-ring (bicyclic) bond motifs is 1. The van der Waals surface area contributed by atoms with Gasteiger partial charge in [-0.15, -0.1) is 0 Å². The Morgan fingerprint density at radius 3 is 3.05 bits per heavy atom. The molecule has 1 aromatic heterocycles. The number of hydrogen-bond donors (Lipinski definition) is 2. The van der Waals surface area contributed by atoms with Crippen LogP contribution in [0.4, 0.5) is 0 Å². The summed E-state index contributed by atoms with van der Waals surface area (Å²) in [5.41, 5.74) is 5.12. The molecule has 0 saturated heterocycles. The van der Waals surface area contributed by atoms with Gasteiger partial charge in [-0.3, -0.25) is 16.3 Å². The molecule has 0 spiro atoms. The second-order valence-corrected chi connectivity index (χ2v) is 5.08. The van der Waals surface area contributed by atoms with Gasteiger partial charge in [0.2, 0.25) is 0 Å². The lowest BCUT2D eigenvalue weighted by atomic mass is 9.84. The second kappa shape index (κ2) is 6.11. The van der Waals surface area contributed by atoms with Gasteiger partial charge >= 0.3 is 0 Å². The maximum Gasteiger partial charge on any atom is 0.137 e. The zero-order valence-corrected chi connectivity index (χ0v) is 12.0. The molecular weight excluding hydrogens is 266 g/mol. The molecule has 2 heterocycles. The lowest BCUT2D eigenvalue weighted by Crippen LogP contribution is -2.34. The van der Waals surface area contributed by atoms with E-state index in [-0.39, 0.29) is 12.0 Å². The van der Waals surface area contributed by atoms with Gasteiger partial charge in [-0.2, -0.15) is 0 Å². The molecule has 2 aromatic rings. The predicted molar refractivity (Wildman–Crippen MR) is 80.1 cm³/mol. The average Bonchev–Trinajstić information content (AvgIpc) is 2.56. The Labute approximate surface area is 124 Å². The number of nitrogens with zero attached hydrogens (tertiary/aromatic N) is 1. The molecule has 1 aromatic carbocycles. The number of para-hydroxylation sites is 1. The van der Waals surface area contributed by atoms with Crippen LogP contribution in [0.3, 0.4) is 0 Å². The number of benzene rings is 1. The molecule has 1 aliphatic rings. The van der Waals surface area contributed by atoms with Gasteiger partial charge in [-0.05, 0) is 29.7 Å². The third kappa shape index (κ3) is 2.70. The quantitative estimate of drug-likeness (QED) is 0.665. The van der Waals surface area contributed by atoms with E-state index >= 15 is 0 Å². The fourth-order valence-electron chi connectivity index (χ4n) is 2.88. The van der Waals surface area contributed by atoms with Gasteiger partial charge in [0.25, 0.3) is 0 Å². The van der Waals surface area contributed by atoms with Gasteiger partial charge in [-0.25, -0.2) is 0 Å². The molecule has 0 radical (unpaired) electrons. The molecule has 2 atom stereocenters. The van der Waals surface area contributed by atoms with Crippen molar-refractivity contribution in [2.45, 2.75) is 18.4 Å². The Hall–Kier alpha value is -2.11. The van der Waals surface area contributed by atoms with Gasteiger partial charge < -0.3 is 9.47 Å². The van der Waals surface area contributed by atoms with Crippen LogP contribution in [-0.2, 0) is 0 Å². The third-order valence-electron chi connectivity index (χ3n) is 3.92. The maximum absolute atomic E-state index is 5.82. The summed E-state index contributed by atoms with van der Waals surface area (Å²) in [7, 11) is 1.63. The molecular formula is C16H19N3O2. The molecule has 21 heavy (non-hydrogen) atoms. The molecule has 2 unspecified atom stereocenters. The number of hydrogen-bond acceptors (Lipinski definition) is 5. The molecule has 5 nitrogen and oxygen atoms in total. The summed E-state index contributed by atoms with van der Waals surface area (Å²) in [6.45, 7) is 0.692. The van der Waals surface area contributed by atoms with E-state index in [9.17, 15) is 0 Å². The van der Waals surface area contributed by atoms with Gasteiger partial charge in [0, 0.05) is 12.1 Å². The van der Waals surface area contributed by atoms with Crippen LogP contribution in [0.25, 0.3) is 0 Å². The van der Waals surface area contributed by atoms with E-state index in [4.69, 9.17) is 15.3 Å². The van der Waals surface area contributed by atoms with E-state index in [2.05, 4.69) is 16.5 Å². The first-order valence-electron chi connectivity index (χ1n) is 7.00. The number of methoxy groups -OCH3 is 1. The minimum absolute atomic E-state index is 0.0300. The first-order chi connectivity index (χ1) is 10.3. The number of rotatable bonds is 4. The fourth-order valence-corrected chi connectivity index (χ4v) is 2.88. The summed E-state index contributed by atoms with van der Waals surface area (Å²) in [5.74, 6) is 7.73. The van der Waals surface area contributed by atoms with E-state index < -0.39 is 0 Å². The molecule has 1 aliphatic heterocycles. The molecule has 3 N–H and O–H groups in total. The standard InChI is InChI=1S/C16H19N3O2/c1-20-12-8-11(9-18-10-12)16(19-17)14-6-7-21-15-5-3-2-4-13(14)15/h2-5,8-10,14,16,19H,6-7,17H2,1H3. The average molecular weight is 285 g/mol. The highest BCUT2D eigenvalue weighted by Gasteiger charge is 2.29. The molecule has 0 fully saturated rings. The largest absolute Gasteiger partial charge is 0.495 e. The lowest BCUT2D eigenvalue weighted by Gasteiger charge is -2.32. The first-order valence-corrected chi connectivity index (χ1v) is 7.00. The molecule has 0 aliphatic carbocycles. The summed E-state index contributed by atoms with van der Waals surface area (Å²) >= 11 is 0. The van der Waals surface area contributed by atoms with Crippen LogP contribution in [0.2, 0.25) is 0 Å². The van der Waals surface area contributed by atoms with Gasteiger partial charge in [-0.1, -0.05) is 18.2 Å². The SMILES string of the molecule is COc1cncc(C(NN)C2CCOc3ccccc32)c1. The maximum atomic E-state index is 5.82. The predicted octanol–water partition coefficient (Wildman–Crippen LogP) is 2.16. The lowest BCUT2D eigenvalue weighted by molar-refractivity contribution is 0.246. The van der Waals surface area contributed by atoms with Crippen molar-refractivity contribution in [1.29, 1.82) is 0 Å². The molecule has 0 amide bonds. The van der Waals surface area contributed by atoms with Crippen LogP contribution < -0.4 is 20.7 Å². The Balaban J connectivity index is 1.97. The summed E-state index contributed by atoms with van der Waals surface area (Å²) < 4.78 is 11.0. The van der Waals surface area contributed by atoms with Crippen LogP contribution in [0.15, 0.2) is 42.7 Å². The van der Waals surface area contributed by atoms with Crippen molar-refractivity contribution in [3.63, 3.8) is 0 Å². The zero-order chi connectivity index (χ0) is 14.7. The molecule has 0 saturated carbocycles.